The van der Waals surface area contributed by atoms with E-state index >= 15 is 0 Å². The van der Waals surface area contributed by atoms with Gasteiger partial charge in [0, 0.05) is 0 Å². The van der Waals surface area contributed by atoms with Gasteiger partial charge in [-0.05, 0) is 30.7 Å². The van der Waals surface area contributed by atoms with E-state index in [1.165, 1.54) is 25.3 Å². The van der Waals surface area contributed by atoms with Crippen molar-refractivity contribution in [2.45, 2.75) is 6.92 Å². The van der Waals surface area contributed by atoms with Crippen molar-refractivity contribution in [1.82, 2.24) is 0 Å². The van der Waals surface area contributed by atoms with Crippen molar-refractivity contribution in [1.29, 1.82) is 0 Å². The second kappa shape index (κ2) is 6.33. The van der Waals surface area contributed by atoms with Gasteiger partial charge in [-0.25, -0.2) is 4.79 Å². The molecular formula is C12H13FO5S. The summed E-state index contributed by atoms with van der Waals surface area (Å²) in [7, 11) is -3.33. The molecule has 0 N–H and O–H groups in total. The molecule has 0 heterocycles. The van der Waals surface area contributed by atoms with Crippen LogP contribution < -0.4 is 4.74 Å². The summed E-state index contributed by atoms with van der Waals surface area (Å²) in [5.41, 5.74) is 0.321. The van der Waals surface area contributed by atoms with E-state index in [4.69, 9.17) is 9.47 Å². The molecular weight excluding hydrogens is 275 g/mol. The highest BCUT2D eigenvalue weighted by molar-refractivity contribution is 7.89. The molecule has 0 amide bonds. The second-order valence-corrected chi connectivity index (χ2v) is 4.68. The zero-order valence-electron chi connectivity index (χ0n) is 10.4. The van der Waals surface area contributed by atoms with Crippen molar-refractivity contribution in [2.75, 3.05) is 13.7 Å². The minimum Gasteiger partial charge on any atom is -0.497 e. The number of hydrogen-bond donors (Lipinski definition) is 0. The molecule has 0 saturated carbocycles. The average molecular weight is 288 g/mol. The first-order chi connectivity index (χ1) is 8.87. The molecule has 0 unspecified atom stereocenters. The summed E-state index contributed by atoms with van der Waals surface area (Å²) >= 11 is 0. The van der Waals surface area contributed by atoms with E-state index in [1.807, 2.05) is 0 Å². The fourth-order valence-corrected chi connectivity index (χ4v) is 1.66. The largest absolute Gasteiger partial charge is 0.497 e. The highest BCUT2D eigenvalue weighted by Gasteiger charge is 2.13. The van der Waals surface area contributed by atoms with Crippen molar-refractivity contribution in [3.63, 3.8) is 0 Å². The van der Waals surface area contributed by atoms with Gasteiger partial charge in [0.05, 0.1) is 24.7 Å². The third-order valence-electron chi connectivity index (χ3n) is 2.17. The monoisotopic (exact) mass is 288 g/mol. The Kier molecular flexibility index (Phi) is 5.05. The summed E-state index contributed by atoms with van der Waals surface area (Å²) in [6.07, 6.45) is 0.987. The van der Waals surface area contributed by atoms with Gasteiger partial charge >= 0.3 is 16.2 Å². The van der Waals surface area contributed by atoms with E-state index < -0.39 is 16.2 Å². The van der Waals surface area contributed by atoms with Crippen molar-refractivity contribution in [2.24, 2.45) is 0 Å². The maximum absolute atomic E-state index is 12.4. The number of benzene rings is 1. The van der Waals surface area contributed by atoms with E-state index in [1.54, 1.807) is 6.92 Å². The topological polar surface area (TPSA) is 69.7 Å². The van der Waals surface area contributed by atoms with Gasteiger partial charge in [-0.2, -0.15) is 8.42 Å². The molecule has 19 heavy (non-hydrogen) atoms. The number of esters is 1. The lowest BCUT2D eigenvalue weighted by molar-refractivity contribution is 0.0525. The van der Waals surface area contributed by atoms with Gasteiger partial charge in [0.25, 0.3) is 0 Å². The van der Waals surface area contributed by atoms with Crippen LogP contribution in [0.5, 0.6) is 5.75 Å². The molecule has 1 aromatic carbocycles. The summed E-state index contributed by atoms with van der Waals surface area (Å²) < 4.78 is 43.1. The Morgan fingerprint density at radius 2 is 2.11 bits per heavy atom. The SMILES string of the molecule is CCOC(=O)c1cc(OC)ccc1C=CS(=O)(=O)F. The van der Waals surface area contributed by atoms with E-state index in [2.05, 4.69) is 0 Å². The second-order valence-electron chi connectivity index (χ2n) is 3.45. The molecule has 0 radical (unpaired) electrons. The Hall–Kier alpha value is -1.89. The minimum atomic E-state index is -4.76. The van der Waals surface area contributed by atoms with E-state index in [0.717, 1.165) is 6.08 Å². The Morgan fingerprint density at radius 3 is 2.63 bits per heavy atom. The van der Waals surface area contributed by atoms with Crippen LogP contribution in [-0.2, 0) is 15.0 Å². The molecule has 1 aromatic rings. The zero-order valence-corrected chi connectivity index (χ0v) is 11.2. The van der Waals surface area contributed by atoms with Gasteiger partial charge in [-0.15, -0.1) is 3.89 Å². The molecule has 7 heteroatoms. The van der Waals surface area contributed by atoms with Crippen LogP contribution in [0.3, 0.4) is 0 Å². The molecule has 0 fully saturated rings. The number of methoxy groups -OCH3 is 1. The number of rotatable bonds is 5. The molecule has 0 aliphatic carbocycles. The maximum atomic E-state index is 12.4. The molecule has 1 rings (SSSR count). The van der Waals surface area contributed by atoms with Crippen molar-refractivity contribution >= 4 is 22.3 Å². The molecule has 0 spiro atoms. The lowest BCUT2D eigenvalue weighted by atomic mass is 10.1. The van der Waals surface area contributed by atoms with Gasteiger partial charge in [0.2, 0.25) is 0 Å². The number of ether oxygens (including phenoxy) is 2. The van der Waals surface area contributed by atoms with E-state index in [9.17, 15) is 17.1 Å². The summed E-state index contributed by atoms with van der Waals surface area (Å²) in [5, 5.41) is 0.373. The van der Waals surface area contributed by atoms with E-state index in [-0.39, 0.29) is 17.7 Å². The van der Waals surface area contributed by atoms with E-state index in [0.29, 0.717) is 11.2 Å². The van der Waals surface area contributed by atoms with Crippen LogP contribution in [-0.4, -0.2) is 28.1 Å². The Bertz CT molecular complexity index is 592. The van der Waals surface area contributed by atoms with Crippen LogP contribution in [0.2, 0.25) is 0 Å². The Morgan fingerprint density at radius 1 is 1.42 bits per heavy atom. The third-order valence-corrected chi connectivity index (χ3v) is 2.63. The first kappa shape index (κ1) is 15.2. The lowest BCUT2D eigenvalue weighted by Crippen LogP contribution is -2.07. The maximum Gasteiger partial charge on any atom is 0.338 e. The standard InChI is InChI=1S/C12H13FO5S/c1-3-18-12(14)11-8-10(17-2)5-4-9(11)6-7-19(13,15)16/h4-8H,3H2,1-2H3. The lowest BCUT2D eigenvalue weighted by Gasteiger charge is -2.07. The number of carbonyl (C=O) groups is 1. The highest BCUT2D eigenvalue weighted by atomic mass is 32.3. The number of carbonyl (C=O) groups excluding carboxylic acids is 1. The smallest absolute Gasteiger partial charge is 0.338 e. The summed E-state index contributed by atoms with van der Waals surface area (Å²) in [6, 6.07) is 4.35. The summed E-state index contributed by atoms with van der Waals surface area (Å²) in [5.74, 6) is -0.236. The van der Waals surface area contributed by atoms with Crippen LogP contribution in [0.15, 0.2) is 23.6 Å². The molecule has 0 saturated heterocycles. The van der Waals surface area contributed by atoms with Crippen LogP contribution in [0.25, 0.3) is 6.08 Å². The van der Waals surface area contributed by atoms with Gasteiger partial charge in [0.1, 0.15) is 5.75 Å². The van der Waals surface area contributed by atoms with Gasteiger partial charge in [-0.3, -0.25) is 0 Å². The van der Waals surface area contributed by atoms with Gasteiger partial charge < -0.3 is 9.47 Å². The number of halogens is 1. The zero-order chi connectivity index (χ0) is 14.5. The molecule has 0 aliphatic heterocycles. The summed E-state index contributed by atoms with van der Waals surface area (Å²) in [6.45, 7) is 1.81. The fourth-order valence-electron chi connectivity index (χ4n) is 1.35. The van der Waals surface area contributed by atoms with Crippen LogP contribution in [0.1, 0.15) is 22.8 Å². The van der Waals surface area contributed by atoms with Crippen LogP contribution in [0.4, 0.5) is 3.89 Å². The van der Waals surface area contributed by atoms with Crippen LogP contribution >= 0.6 is 0 Å². The average Bonchev–Trinajstić information content (AvgIpc) is 2.35. The Balaban J connectivity index is 3.23. The van der Waals surface area contributed by atoms with Crippen molar-refractivity contribution in [3.8, 4) is 5.75 Å². The molecule has 0 bridgehead atoms. The number of hydrogen-bond acceptors (Lipinski definition) is 5. The van der Waals surface area contributed by atoms with Gasteiger partial charge in [0.15, 0.2) is 0 Å². The third kappa shape index (κ3) is 4.70. The molecule has 104 valence electrons. The first-order valence-electron chi connectivity index (χ1n) is 5.35. The predicted octanol–water partition coefficient (Wildman–Crippen LogP) is 2.14. The molecule has 0 aliphatic rings. The normalized spacial score (nSPS) is 11.5. The highest BCUT2D eigenvalue weighted by Crippen LogP contribution is 2.20. The predicted molar refractivity (Wildman–Crippen MR) is 68.0 cm³/mol. The van der Waals surface area contributed by atoms with Crippen molar-refractivity contribution in [3.05, 3.63) is 34.7 Å². The molecule has 0 atom stereocenters. The fraction of sp³-hybridized carbons (Fsp3) is 0.250. The summed E-state index contributed by atoms with van der Waals surface area (Å²) in [4.78, 5) is 11.7. The Labute approximate surface area is 110 Å². The molecule has 0 aromatic heterocycles. The minimum absolute atomic E-state index is 0.0982. The van der Waals surface area contributed by atoms with Crippen LogP contribution in [0, 0.1) is 0 Å². The quantitative estimate of drug-likeness (QED) is 0.613. The van der Waals surface area contributed by atoms with Crippen molar-refractivity contribution < 1.29 is 26.6 Å². The van der Waals surface area contributed by atoms with Gasteiger partial charge in [-0.1, -0.05) is 6.07 Å². The molecule has 5 nitrogen and oxygen atoms in total. The first-order valence-corrected chi connectivity index (χ1v) is 6.80.